The van der Waals surface area contributed by atoms with Gasteiger partial charge < -0.3 is 14.9 Å². The number of amides is 1. The molecule has 0 radical (unpaired) electrons. The minimum absolute atomic E-state index is 0.0647. The van der Waals surface area contributed by atoms with Gasteiger partial charge in [-0.2, -0.15) is 5.10 Å². The molecule has 3 aromatic rings. The molecule has 2 fully saturated rings. The van der Waals surface area contributed by atoms with Gasteiger partial charge in [-0.05, 0) is 56.9 Å². The molecule has 5 rings (SSSR count). The number of benzene rings is 1. The first-order chi connectivity index (χ1) is 17.4. The summed E-state index contributed by atoms with van der Waals surface area (Å²) in [5.41, 5.74) is 3.20. The van der Waals surface area contributed by atoms with Crippen LogP contribution in [0.3, 0.4) is 0 Å². The third-order valence-electron chi connectivity index (χ3n) is 7.53. The molecule has 8 nitrogen and oxygen atoms in total. The SMILES string of the molecule is CCc1cc(C(=O)N2CCCCC[C@H]2C)nc2cc(-c3ccc(N4CC[C@@H](C(=O)O)C4)cc3F)nn12. The monoisotopic (exact) mass is 493 g/mol. The first-order valence-corrected chi connectivity index (χ1v) is 12.8. The predicted octanol–water partition coefficient (Wildman–Crippen LogP) is 4.41. The van der Waals surface area contributed by atoms with Gasteiger partial charge in [-0.3, -0.25) is 9.59 Å². The fraction of sp³-hybridized carbons (Fsp3) is 0.481. The first kappa shape index (κ1) is 24.2. The second kappa shape index (κ2) is 9.87. The number of anilines is 1. The standard InChI is InChI=1S/C27H32FN5O3/c1-3-19-14-24(26(34)32-11-6-4-5-7-17(32)2)29-25-15-23(30-33(19)25)21-9-8-20(13-22(21)28)31-12-10-18(16-31)27(35)36/h8-9,13-15,17-18H,3-7,10-12,16H2,1-2H3,(H,35,36)/t17-,18-/m1/s1. The smallest absolute Gasteiger partial charge is 0.308 e. The van der Waals surface area contributed by atoms with Crippen LogP contribution in [0.2, 0.25) is 0 Å². The maximum Gasteiger partial charge on any atom is 0.308 e. The number of aliphatic carboxylic acids is 1. The van der Waals surface area contributed by atoms with E-state index in [4.69, 9.17) is 0 Å². The van der Waals surface area contributed by atoms with Gasteiger partial charge in [0.1, 0.15) is 11.5 Å². The topological polar surface area (TPSA) is 91.0 Å². The molecule has 2 aliphatic heterocycles. The Labute approximate surface area is 209 Å². The number of likely N-dealkylation sites (tertiary alicyclic amines) is 1. The van der Waals surface area contributed by atoms with Gasteiger partial charge in [0, 0.05) is 48.7 Å². The Morgan fingerprint density at radius 1 is 1.11 bits per heavy atom. The second-order valence-corrected chi connectivity index (χ2v) is 9.92. The van der Waals surface area contributed by atoms with Crippen LogP contribution in [-0.2, 0) is 11.2 Å². The van der Waals surface area contributed by atoms with Crippen molar-refractivity contribution < 1.29 is 19.1 Å². The van der Waals surface area contributed by atoms with Crippen molar-refractivity contribution in [2.24, 2.45) is 5.92 Å². The van der Waals surface area contributed by atoms with Crippen molar-refractivity contribution in [1.29, 1.82) is 0 Å². The third kappa shape index (κ3) is 4.54. The lowest BCUT2D eigenvalue weighted by Gasteiger charge is -2.27. The number of aryl methyl sites for hydroxylation is 1. The van der Waals surface area contributed by atoms with Crippen molar-refractivity contribution in [3.63, 3.8) is 0 Å². The lowest BCUT2D eigenvalue weighted by atomic mass is 10.1. The molecule has 0 bridgehead atoms. The molecule has 36 heavy (non-hydrogen) atoms. The zero-order valence-electron chi connectivity index (χ0n) is 20.8. The predicted molar refractivity (Wildman–Crippen MR) is 135 cm³/mol. The summed E-state index contributed by atoms with van der Waals surface area (Å²) in [5, 5.41) is 13.9. The molecular weight excluding hydrogens is 461 g/mol. The highest BCUT2D eigenvalue weighted by Gasteiger charge is 2.29. The average Bonchev–Trinajstić information content (AvgIpc) is 3.47. The molecule has 0 aliphatic carbocycles. The lowest BCUT2D eigenvalue weighted by molar-refractivity contribution is -0.140. The van der Waals surface area contributed by atoms with E-state index in [2.05, 4.69) is 17.0 Å². The number of aromatic nitrogens is 3. The quantitative estimate of drug-likeness (QED) is 0.566. The van der Waals surface area contributed by atoms with Crippen molar-refractivity contribution in [1.82, 2.24) is 19.5 Å². The van der Waals surface area contributed by atoms with E-state index in [-0.39, 0.29) is 11.9 Å². The van der Waals surface area contributed by atoms with Gasteiger partial charge in [0.15, 0.2) is 5.65 Å². The Morgan fingerprint density at radius 3 is 2.67 bits per heavy atom. The lowest BCUT2D eigenvalue weighted by Crippen LogP contribution is -2.38. The Hall–Kier alpha value is -3.49. The molecule has 0 saturated carbocycles. The first-order valence-electron chi connectivity index (χ1n) is 12.8. The summed E-state index contributed by atoms with van der Waals surface area (Å²) in [5.74, 6) is -1.74. The maximum absolute atomic E-state index is 15.2. The van der Waals surface area contributed by atoms with Crippen LogP contribution >= 0.6 is 0 Å². The molecule has 9 heteroatoms. The number of nitrogens with zero attached hydrogens (tertiary/aromatic N) is 5. The van der Waals surface area contributed by atoms with E-state index >= 15 is 4.39 Å². The van der Waals surface area contributed by atoms with Crippen molar-refractivity contribution >= 4 is 23.2 Å². The van der Waals surface area contributed by atoms with Crippen LogP contribution in [0, 0.1) is 11.7 Å². The molecule has 0 spiro atoms. The van der Waals surface area contributed by atoms with E-state index < -0.39 is 17.7 Å². The molecule has 1 N–H and O–H groups in total. The van der Waals surface area contributed by atoms with Gasteiger partial charge in [-0.15, -0.1) is 0 Å². The largest absolute Gasteiger partial charge is 0.481 e. The molecule has 2 atom stereocenters. The molecule has 190 valence electrons. The summed E-state index contributed by atoms with van der Waals surface area (Å²) in [6, 6.07) is 8.62. The zero-order valence-corrected chi connectivity index (χ0v) is 20.8. The summed E-state index contributed by atoms with van der Waals surface area (Å²) in [6.07, 6.45) is 5.46. The minimum Gasteiger partial charge on any atom is -0.481 e. The van der Waals surface area contributed by atoms with Gasteiger partial charge in [0.05, 0.1) is 11.6 Å². The number of carbonyl (C=O) groups is 2. The number of fused-ring (bicyclic) bond motifs is 1. The van der Waals surface area contributed by atoms with E-state index in [1.165, 1.54) is 6.07 Å². The van der Waals surface area contributed by atoms with Crippen molar-refractivity contribution in [3.05, 3.63) is 47.5 Å². The fourth-order valence-electron chi connectivity index (χ4n) is 5.36. The number of halogens is 1. The van der Waals surface area contributed by atoms with E-state index in [1.54, 1.807) is 28.8 Å². The molecular formula is C27H32FN5O3. The van der Waals surface area contributed by atoms with Crippen LogP contribution < -0.4 is 4.90 Å². The number of hydrogen-bond acceptors (Lipinski definition) is 5. The van der Waals surface area contributed by atoms with Crippen LogP contribution in [0.1, 0.15) is 62.1 Å². The Morgan fingerprint density at radius 2 is 1.94 bits per heavy atom. The van der Waals surface area contributed by atoms with Crippen molar-refractivity contribution in [2.45, 2.75) is 58.4 Å². The van der Waals surface area contributed by atoms with Gasteiger partial charge in [0.2, 0.25) is 0 Å². The zero-order chi connectivity index (χ0) is 25.4. The van der Waals surface area contributed by atoms with Crippen LogP contribution in [0.5, 0.6) is 0 Å². The molecule has 2 saturated heterocycles. The van der Waals surface area contributed by atoms with E-state index in [1.807, 2.05) is 16.7 Å². The molecule has 1 amide bonds. The summed E-state index contributed by atoms with van der Waals surface area (Å²) in [6.45, 7) is 5.78. The highest BCUT2D eigenvalue weighted by atomic mass is 19.1. The normalized spacial score (nSPS) is 20.6. The molecule has 2 aromatic heterocycles. The van der Waals surface area contributed by atoms with E-state index in [0.29, 0.717) is 54.2 Å². The van der Waals surface area contributed by atoms with Gasteiger partial charge in [-0.25, -0.2) is 13.9 Å². The van der Waals surface area contributed by atoms with Crippen LogP contribution in [0.15, 0.2) is 30.3 Å². The maximum atomic E-state index is 15.2. The van der Waals surface area contributed by atoms with Crippen molar-refractivity contribution in [3.8, 4) is 11.3 Å². The Balaban J connectivity index is 1.45. The molecule has 0 unspecified atom stereocenters. The molecule has 4 heterocycles. The number of hydrogen-bond donors (Lipinski definition) is 1. The number of carboxylic acids is 1. The number of carboxylic acid groups (broad SMARTS) is 1. The van der Waals surface area contributed by atoms with Gasteiger partial charge in [0.25, 0.3) is 5.91 Å². The Bertz CT molecular complexity index is 1310. The van der Waals surface area contributed by atoms with Crippen LogP contribution in [0.4, 0.5) is 10.1 Å². The summed E-state index contributed by atoms with van der Waals surface area (Å²) in [7, 11) is 0. The highest BCUT2D eigenvalue weighted by molar-refractivity contribution is 5.93. The van der Waals surface area contributed by atoms with Crippen LogP contribution in [0.25, 0.3) is 16.9 Å². The third-order valence-corrected chi connectivity index (χ3v) is 7.53. The molecule has 2 aliphatic rings. The minimum atomic E-state index is -0.818. The van der Waals surface area contributed by atoms with Gasteiger partial charge in [-0.1, -0.05) is 19.8 Å². The summed E-state index contributed by atoms with van der Waals surface area (Å²) >= 11 is 0. The molecule has 1 aromatic carbocycles. The van der Waals surface area contributed by atoms with Crippen molar-refractivity contribution in [2.75, 3.05) is 24.5 Å². The van der Waals surface area contributed by atoms with Gasteiger partial charge >= 0.3 is 5.97 Å². The van der Waals surface area contributed by atoms with Crippen LogP contribution in [-0.4, -0.2) is 62.2 Å². The van der Waals surface area contributed by atoms with E-state index in [0.717, 1.165) is 37.9 Å². The average molecular weight is 494 g/mol. The summed E-state index contributed by atoms with van der Waals surface area (Å²) in [4.78, 5) is 33.1. The second-order valence-electron chi connectivity index (χ2n) is 9.92. The summed E-state index contributed by atoms with van der Waals surface area (Å²) < 4.78 is 16.9. The number of carbonyl (C=O) groups excluding carboxylic acids is 1. The Kier molecular flexibility index (Phi) is 6.64. The fourth-order valence-corrected chi connectivity index (χ4v) is 5.36. The highest BCUT2D eigenvalue weighted by Crippen LogP contribution is 2.30. The van der Waals surface area contributed by atoms with E-state index in [9.17, 15) is 14.7 Å². The number of rotatable bonds is 5.